The number of carbonyl (C=O) groups is 1. The number of carbonyl (C=O) groups excluding carboxylic acids is 1. The lowest BCUT2D eigenvalue weighted by molar-refractivity contribution is 0.0996. The van der Waals surface area contributed by atoms with E-state index in [9.17, 15) is 4.79 Å². The topological polar surface area (TPSA) is 43.6 Å². The van der Waals surface area contributed by atoms with Gasteiger partial charge in [-0.2, -0.15) is 4.99 Å². The van der Waals surface area contributed by atoms with Crippen molar-refractivity contribution >= 4 is 39.1 Å². The molecule has 0 atom stereocenters. The molecular weight excluding hydrogens is 392 g/mol. The highest BCUT2D eigenvalue weighted by Crippen LogP contribution is 2.26. The van der Waals surface area contributed by atoms with Gasteiger partial charge in [0.25, 0.3) is 5.91 Å². The van der Waals surface area contributed by atoms with Gasteiger partial charge in [0.15, 0.2) is 4.80 Å². The highest BCUT2D eigenvalue weighted by atomic mass is 35.5. The van der Waals surface area contributed by atoms with Crippen molar-refractivity contribution in [2.75, 3.05) is 13.2 Å². The van der Waals surface area contributed by atoms with Gasteiger partial charge in [-0.3, -0.25) is 4.79 Å². The Hall–Kier alpha value is -1.95. The van der Waals surface area contributed by atoms with Crippen LogP contribution in [0.15, 0.2) is 41.4 Å². The molecule has 0 saturated carbocycles. The molecule has 4 rings (SSSR count). The summed E-state index contributed by atoms with van der Waals surface area (Å²) < 4.78 is 8.53. The van der Waals surface area contributed by atoms with Crippen molar-refractivity contribution < 1.29 is 9.53 Å². The zero-order chi connectivity index (χ0) is 19.5. The zero-order valence-electron chi connectivity index (χ0n) is 15.9. The largest absolute Gasteiger partial charge is 0.380 e. The van der Waals surface area contributed by atoms with E-state index in [0.29, 0.717) is 35.1 Å². The molecule has 6 heteroatoms. The molecule has 0 bridgehead atoms. The number of nitrogens with zero attached hydrogens (tertiary/aromatic N) is 2. The van der Waals surface area contributed by atoms with E-state index in [1.807, 2.05) is 41.8 Å². The molecule has 0 unspecified atom stereocenters. The van der Waals surface area contributed by atoms with Crippen molar-refractivity contribution in [3.8, 4) is 0 Å². The number of rotatable bonds is 5. The van der Waals surface area contributed by atoms with Crippen LogP contribution in [0.1, 0.15) is 41.3 Å². The normalized spacial score (nSPS) is 14.4. The van der Waals surface area contributed by atoms with Gasteiger partial charge in [0.1, 0.15) is 0 Å². The monoisotopic (exact) mass is 414 g/mol. The van der Waals surface area contributed by atoms with Crippen LogP contribution >= 0.6 is 22.9 Å². The van der Waals surface area contributed by atoms with Gasteiger partial charge in [0, 0.05) is 18.7 Å². The van der Waals surface area contributed by atoms with Gasteiger partial charge in [-0.15, -0.1) is 0 Å². The molecule has 3 aromatic rings. The summed E-state index contributed by atoms with van der Waals surface area (Å²) in [4.78, 5) is 18.0. The average molecular weight is 415 g/mol. The van der Waals surface area contributed by atoms with E-state index in [1.54, 1.807) is 0 Å². The second-order valence-electron chi connectivity index (χ2n) is 6.93. The lowest BCUT2D eigenvalue weighted by Gasteiger charge is -2.15. The summed E-state index contributed by atoms with van der Waals surface area (Å²) in [7, 11) is 0. The van der Waals surface area contributed by atoms with Crippen molar-refractivity contribution in [2.24, 2.45) is 4.99 Å². The minimum atomic E-state index is -0.207. The molecule has 0 saturated heterocycles. The standard InChI is InChI=1S/C22H23ClN2O2S/c1-2-27-13-12-25-20-18(23)8-5-9-19(20)28-22(25)24-21(26)17-11-10-15-6-3-4-7-16(15)14-17/h5,8-11,14H,2-4,6-7,12-13H2,1H3. The SMILES string of the molecule is CCOCCn1c(=NC(=O)c2ccc3c(c2)CCCC3)sc2cccc(Cl)c21. The quantitative estimate of drug-likeness (QED) is 0.550. The van der Waals surface area contributed by atoms with Gasteiger partial charge in [0.05, 0.1) is 21.8 Å². The van der Waals surface area contributed by atoms with Crippen molar-refractivity contribution in [1.29, 1.82) is 0 Å². The van der Waals surface area contributed by atoms with E-state index in [1.165, 1.54) is 35.3 Å². The number of amides is 1. The smallest absolute Gasteiger partial charge is 0.279 e. The van der Waals surface area contributed by atoms with Crippen LogP contribution in [0, 0.1) is 0 Å². The predicted octanol–water partition coefficient (Wildman–Crippen LogP) is 5.01. The number of hydrogen-bond acceptors (Lipinski definition) is 3. The number of fused-ring (bicyclic) bond motifs is 2. The van der Waals surface area contributed by atoms with Gasteiger partial charge in [-0.1, -0.05) is 35.1 Å². The Labute approximate surface area is 173 Å². The van der Waals surface area contributed by atoms with E-state index in [2.05, 4.69) is 11.1 Å². The minimum absolute atomic E-state index is 0.207. The number of para-hydroxylation sites is 1. The molecule has 0 N–H and O–H groups in total. The van der Waals surface area contributed by atoms with E-state index in [-0.39, 0.29) is 5.91 Å². The molecule has 0 radical (unpaired) electrons. The molecule has 0 aliphatic heterocycles. The Morgan fingerprint density at radius 3 is 2.86 bits per heavy atom. The van der Waals surface area contributed by atoms with E-state index < -0.39 is 0 Å². The first-order valence-electron chi connectivity index (χ1n) is 9.74. The third-order valence-electron chi connectivity index (χ3n) is 5.11. The molecule has 4 nitrogen and oxygen atoms in total. The van der Waals surface area contributed by atoms with Gasteiger partial charge in [-0.25, -0.2) is 0 Å². The first-order valence-corrected chi connectivity index (χ1v) is 10.9. The summed E-state index contributed by atoms with van der Waals surface area (Å²) in [6.07, 6.45) is 4.57. The van der Waals surface area contributed by atoms with Gasteiger partial charge in [-0.05, 0) is 68.0 Å². The third kappa shape index (κ3) is 3.93. The minimum Gasteiger partial charge on any atom is -0.380 e. The summed E-state index contributed by atoms with van der Waals surface area (Å²) in [5.41, 5.74) is 4.21. The van der Waals surface area contributed by atoms with E-state index in [0.717, 1.165) is 23.1 Å². The molecule has 28 heavy (non-hydrogen) atoms. The van der Waals surface area contributed by atoms with Crippen LogP contribution in [0.5, 0.6) is 0 Å². The van der Waals surface area contributed by atoms with Crippen LogP contribution in [0.3, 0.4) is 0 Å². The lowest BCUT2D eigenvalue weighted by Crippen LogP contribution is -2.20. The fourth-order valence-corrected chi connectivity index (χ4v) is 5.11. The summed E-state index contributed by atoms with van der Waals surface area (Å²) in [6, 6.07) is 11.8. The van der Waals surface area contributed by atoms with Gasteiger partial charge in [0.2, 0.25) is 0 Å². The van der Waals surface area contributed by atoms with Crippen molar-refractivity contribution in [3.05, 3.63) is 62.9 Å². The molecule has 2 aromatic carbocycles. The number of ether oxygens (including phenoxy) is 1. The van der Waals surface area contributed by atoms with Crippen molar-refractivity contribution in [3.63, 3.8) is 0 Å². The van der Waals surface area contributed by atoms with Crippen LogP contribution in [0.4, 0.5) is 0 Å². The van der Waals surface area contributed by atoms with Crippen LogP contribution in [-0.4, -0.2) is 23.7 Å². The average Bonchev–Trinajstić information content (AvgIpc) is 3.06. The first-order chi connectivity index (χ1) is 13.7. The maximum Gasteiger partial charge on any atom is 0.279 e. The number of benzene rings is 2. The lowest BCUT2D eigenvalue weighted by atomic mass is 9.90. The molecule has 0 spiro atoms. The summed E-state index contributed by atoms with van der Waals surface area (Å²) in [6.45, 7) is 3.77. The molecule has 1 aliphatic rings. The van der Waals surface area contributed by atoms with Crippen LogP contribution in [0.2, 0.25) is 5.02 Å². The van der Waals surface area contributed by atoms with Crippen LogP contribution in [0.25, 0.3) is 10.2 Å². The molecule has 1 aromatic heterocycles. The molecule has 1 aliphatic carbocycles. The summed E-state index contributed by atoms with van der Waals surface area (Å²) in [5, 5.41) is 0.660. The Bertz CT molecular complexity index is 1080. The number of aromatic nitrogens is 1. The molecule has 146 valence electrons. The fourth-order valence-electron chi connectivity index (χ4n) is 3.70. The van der Waals surface area contributed by atoms with E-state index in [4.69, 9.17) is 16.3 Å². The highest BCUT2D eigenvalue weighted by Gasteiger charge is 2.14. The predicted molar refractivity (Wildman–Crippen MR) is 114 cm³/mol. The second-order valence-corrected chi connectivity index (χ2v) is 8.34. The third-order valence-corrected chi connectivity index (χ3v) is 6.46. The number of halogens is 1. The molecular formula is C22H23ClN2O2S. The van der Waals surface area contributed by atoms with Crippen molar-refractivity contribution in [1.82, 2.24) is 4.57 Å². The number of aryl methyl sites for hydroxylation is 2. The van der Waals surface area contributed by atoms with Gasteiger partial charge < -0.3 is 9.30 Å². The van der Waals surface area contributed by atoms with E-state index >= 15 is 0 Å². The zero-order valence-corrected chi connectivity index (χ0v) is 17.5. The summed E-state index contributed by atoms with van der Waals surface area (Å²) >= 11 is 7.92. The van der Waals surface area contributed by atoms with Gasteiger partial charge >= 0.3 is 0 Å². The molecule has 1 heterocycles. The van der Waals surface area contributed by atoms with Crippen molar-refractivity contribution in [2.45, 2.75) is 39.2 Å². The Balaban J connectivity index is 1.74. The first kappa shape index (κ1) is 19.4. The highest BCUT2D eigenvalue weighted by molar-refractivity contribution is 7.16. The fraction of sp³-hybridized carbons (Fsp3) is 0.364. The Kier molecular flexibility index (Phi) is 5.95. The molecule has 0 fully saturated rings. The second kappa shape index (κ2) is 8.60. The number of thiazole rings is 1. The Morgan fingerprint density at radius 2 is 2.04 bits per heavy atom. The Morgan fingerprint density at radius 1 is 1.21 bits per heavy atom. The van der Waals surface area contributed by atoms with Crippen LogP contribution < -0.4 is 4.80 Å². The molecule has 1 amide bonds. The number of hydrogen-bond donors (Lipinski definition) is 0. The van der Waals surface area contributed by atoms with Crippen LogP contribution in [-0.2, 0) is 24.1 Å². The maximum absolute atomic E-state index is 12.9. The summed E-state index contributed by atoms with van der Waals surface area (Å²) in [5.74, 6) is -0.207. The maximum atomic E-state index is 12.9.